The number of nitrogens with one attached hydrogen (secondary N) is 1. The zero-order valence-electron chi connectivity index (χ0n) is 19.7. The lowest BCUT2D eigenvalue weighted by Gasteiger charge is -2.21. The zero-order valence-corrected chi connectivity index (χ0v) is 20.5. The van der Waals surface area contributed by atoms with Crippen LogP contribution in [0.2, 0.25) is 0 Å². The maximum Gasteiger partial charge on any atom is 0.0770 e. The first-order valence-corrected chi connectivity index (χ1v) is 13.2. The Morgan fingerprint density at radius 3 is 1.43 bits per heavy atom. The molecule has 1 rings (SSSR count). The second kappa shape index (κ2) is 21.9. The summed E-state index contributed by atoms with van der Waals surface area (Å²) in [7, 11) is 0. The van der Waals surface area contributed by atoms with Crippen molar-refractivity contribution in [1.82, 2.24) is 0 Å². The van der Waals surface area contributed by atoms with Crippen molar-refractivity contribution in [3.63, 3.8) is 0 Å². The highest BCUT2D eigenvalue weighted by Gasteiger charge is 2.12. The average molecular weight is 416 g/mol. The summed E-state index contributed by atoms with van der Waals surface area (Å²) < 4.78 is 0. The molecule has 0 aromatic heterocycles. The van der Waals surface area contributed by atoms with Crippen molar-refractivity contribution in [2.75, 3.05) is 19.6 Å². The Labute approximate surface area is 185 Å². The number of halogens is 1. The van der Waals surface area contributed by atoms with Crippen molar-refractivity contribution in [1.29, 1.82) is 0 Å². The Kier molecular flexibility index (Phi) is 22.1. The third kappa shape index (κ3) is 17.1. The van der Waals surface area contributed by atoms with Gasteiger partial charge in [-0.25, -0.2) is 0 Å². The van der Waals surface area contributed by atoms with Gasteiger partial charge in [-0.1, -0.05) is 117 Å². The summed E-state index contributed by atoms with van der Waals surface area (Å²) in [4.78, 5) is 1.85. The normalized spacial score (nSPS) is 15.1. The summed E-state index contributed by atoms with van der Waals surface area (Å²) in [5.74, 6) is 1.10. The first-order chi connectivity index (χ1) is 13.4. The van der Waals surface area contributed by atoms with Gasteiger partial charge in [-0.2, -0.15) is 0 Å². The Bertz CT molecular complexity index is 282. The third-order valence-corrected chi connectivity index (χ3v) is 6.82. The highest BCUT2D eigenvalue weighted by molar-refractivity contribution is 4.65. The van der Waals surface area contributed by atoms with Gasteiger partial charge in [-0.15, -0.1) is 0 Å². The van der Waals surface area contributed by atoms with Crippen LogP contribution < -0.4 is 17.3 Å². The van der Waals surface area contributed by atoms with Crippen molar-refractivity contribution >= 4 is 0 Å². The minimum absolute atomic E-state index is 0. The number of rotatable bonds is 19. The van der Waals surface area contributed by atoms with E-state index in [9.17, 15) is 0 Å². The van der Waals surface area contributed by atoms with Crippen LogP contribution in [0.3, 0.4) is 0 Å². The van der Waals surface area contributed by atoms with E-state index in [0.717, 1.165) is 5.92 Å². The monoisotopic (exact) mass is 415 g/mol. The molecule has 1 nitrogen and oxygen atoms in total. The quantitative estimate of drug-likeness (QED) is 0.299. The van der Waals surface area contributed by atoms with Gasteiger partial charge in [0.1, 0.15) is 0 Å². The fourth-order valence-corrected chi connectivity index (χ4v) is 5.13. The van der Waals surface area contributed by atoms with Gasteiger partial charge in [0, 0.05) is 0 Å². The van der Waals surface area contributed by atoms with Gasteiger partial charge in [-0.3, -0.25) is 0 Å². The molecule has 1 aliphatic carbocycles. The van der Waals surface area contributed by atoms with Crippen LogP contribution in [0.15, 0.2) is 0 Å². The van der Waals surface area contributed by atoms with Gasteiger partial charge in [-0.05, 0) is 31.6 Å². The summed E-state index contributed by atoms with van der Waals surface area (Å²) in [5, 5.41) is 0. The lowest BCUT2D eigenvalue weighted by molar-refractivity contribution is -0.900. The zero-order chi connectivity index (χ0) is 19.4. The third-order valence-electron chi connectivity index (χ3n) is 6.82. The molecular formula is C26H54ClN. The van der Waals surface area contributed by atoms with E-state index < -0.39 is 0 Å². The van der Waals surface area contributed by atoms with E-state index in [1.807, 2.05) is 4.90 Å². The summed E-state index contributed by atoms with van der Waals surface area (Å²) in [5.41, 5.74) is 0. The standard InChI is InChI=1S/C26H53N.ClH/c1-3-23-27(24-4-2)25-19-14-12-10-8-6-5-7-9-11-13-16-20-26-21-17-15-18-22-26;/h26H,3-25H2,1-2H3;1H. The van der Waals surface area contributed by atoms with E-state index in [0.29, 0.717) is 0 Å². The van der Waals surface area contributed by atoms with Crippen molar-refractivity contribution in [3.05, 3.63) is 0 Å². The first kappa shape index (κ1) is 28.2. The van der Waals surface area contributed by atoms with Crippen LogP contribution in [0.25, 0.3) is 0 Å². The van der Waals surface area contributed by atoms with E-state index in [-0.39, 0.29) is 12.4 Å². The Morgan fingerprint density at radius 2 is 0.964 bits per heavy atom. The number of quaternary nitrogens is 1. The molecule has 0 aromatic carbocycles. The molecule has 170 valence electrons. The fraction of sp³-hybridized carbons (Fsp3) is 1.00. The molecule has 2 heteroatoms. The summed E-state index contributed by atoms with van der Waals surface area (Å²) in [6.07, 6.45) is 29.7. The molecular weight excluding hydrogens is 362 g/mol. The van der Waals surface area contributed by atoms with Crippen LogP contribution in [0, 0.1) is 5.92 Å². The number of hydrogen-bond acceptors (Lipinski definition) is 0. The van der Waals surface area contributed by atoms with Crippen molar-refractivity contribution in [3.8, 4) is 0 Å². The van der Waals surface area contributed by atoms with Crippen LogP contribution in [0.1, 0.15) is 142 Å². The van der Waals surface area contributed by atoms with Gasteiger partial charge in [0.25, 0.3) is 0 Å². The average Bonchev–Trinajstić information content (AvgIpc) is 2.69. The Hall–Kier alpha value is 0.250. The van der Waals surface area contributed by atoms with Crippen molar-refractivity contribution in [2.24, 2.45) is 5.92 Å². The molecule has 0 amide bonds. The molecule has 28 heavy (non-hydrogen) atoms. The molecule has 0 atom stereocenters. The Balaban J connectivity index is 0.00000729. The van der Waals surface area contributed by atoms with E-state index in [1.54, 1.807) is 0 Å². The van der Waals surface area contributed by atoms with Crippen LogP contribution >= 0.6 is 0 Å². The largest absolute Gasteiger partial charge is 1.00 e. The highest BCUT2D eigenvalue weighted by Crippen LogP contribution is 2.28. The van der Waals surface area contributed by atoms with Gasteiger partial charge in [0.15, 0.2) is 0 Å². The minimum atomic E-state index is 0. The van der Waals surface area contributed by atoms with Crippen molar-refractivity contribution in [2.45, 2.75) is 142 Å². The summed E-state index contributed by atoms with van der Waals surface area (Å²) in [6, 6.07) is 0. The first-order valence-electron chi connectivity index (χ1n) is 13.2. The molecule has 0 radical (unpaired) electrons. The van der Waals surface area contributed by atoms with E-state index >= 15 is 0 Å². The highest BCUT2D eigenvalue weighted by atomic mass is 35.5. The predicted octanol–water partition coefficient (Wildman–Crippen LogP) is 4.35. The molecule has 0 aliphatic heterocycles. The predicted molar refractivity (Wildman–Crippen MR) is 123 cm³/mol. The van der Waals surface area contributed by atoms with E-state index in [4.69, 9.17) is 0 Å². The lowest BCUT2D eigenvalue weighted by atomic mass is 9.85. The maximum atomic E-state index is 2.33. The number of unbranched alkanes of at least 4 members (excludes halogenated alkanes) is 11. The molecule has 0 aromatic rings. The minimum Gasteiger partial charge on any atom is -1.00 e. The van der Waals surface area contributed by atoms with Gasteiger partial charge in [0.2, 0.25) is 0 Å². The van der Waals surface area contributed by atoms with E-state index in [2.05, 4.69) is 13.8 Å². The molecule has 1 fully saturated rings. The van der Waals surface area contributed by atoms with Gasteiger partial charge in [0.05, 0.1) is 19.6 Å². The lowest BCUT2D eigenvalue weighted by Crippen LogP contribution is -3.12. The molecule has 1 saturated carbocycles. The van der Waals surface area contributed by atoms with Crippen LogP contribution in [-0.2, 0) is 0 Å². The topological polar surface area (TPSA) is 4.44 Å². The smallest absolute Gasteiger partial charge is 0.0770 e. The Morgan fingerprint density at radius 1 is 0.536 bits per heavy atom. The molecule has 1 N–H and O–H groups in total. The van der Waals surface area contributed by atoms with Gasteiger partial charge >= 0.3 is 0 Å². The SMILES string of the molecule is CCC[NH+](CCC)CCCCCCCCCCCCCCC1CCCCC1.[Cl-]. The summed E-state index contributed by atoms with van der Waals surface area (Å²) in [6.45, 7) is 8.84. The molecule has 1 aliphatic rings. The second-order valence-electron chi connectivity index (χ2n) is 9.54. The van der Waals surface area contributed by atoms with Crippen LogP contribution in [0.4, 0.5) is 0 Å². The molecule has 0 heterocycles. The van der Waals surface area contributed by atoms with Crippen LogP contribution in [-0.4, -0.2) is 19.6 Å². The van der Waals surface area contributed by atoms with Crippen molar-refractivity contribution < 1.29 is 17.3 Å². The fourth-order valence-electron chi connectivity index (χ4n) is 5.13. The molecule has 0 spiro atoms. The van der Waals surface area contributed by atoms with Crippen LogP contribution in [0.5, 0.6) is 0 Å². The van der Waals surface area contributed by atoms with Gasteiger partial charge < -0.3 is 17.3 Å². The molecule has 0 saturated heterocycles. The molecule has 0 bridgehead atoms. The van der Waals surface area contributed by atoms with E-state index in [1.165, 1.54) is 148 Å². The maximum absolute atomic E-state index is 2.33. The summed E-state index contributed by atoms with van der Waals surface area (Å²) >= 11 is 0. The second-order valence-corrected chi connectivity index (χ2v) is 9.54. The number of hydrogen-bond donors (Lipinski definition) is 1. The molecule has 0 unspecified atom stereocenters.